The second-order valence-corrected chi connectivity index (χ2v) is 6.97. The number of carbonyl (C=O) groups excluding carboxylic acids is 2. The highest BCUT2D eigenvalue weighted by Crippen LogP contribution is 2.42. The Balaban J connectivity index is 1.76. The summed E-state index contributed by atoms with van der Waals surface area (Å²) in [5, 5.41) is 8.89. The van der Waals surface area contributed by atoms with Gasteiger partial charge in [0.2, 0.25) is 5.91 Å². The van der Waals surface area contributed by atoms with Crippen LogP contribution in [-0.2, 0) is 10.2 Å². The monoisotopic (exact) mass is 371 g/mol. The number of urea groups is 1. The van der Waals surface area contributed by atoms with Crippen molar-refractivity contribution in [2.45, 2.75) is 31.1 Å². The van der Waals surface area contributed by atoms with Gasteiger partial charge in [0.05, 0.1) is 5.41 Å². The number of benzene rings is 2. The molecule has 1 aliphatic carbocycles. The summed E-state index contributed by atoms with van der Waals surface area (Å²) in [5.74, 6) is 0.00401. The Morgan fingerprint density at radius 2 is 1.42 bits per heavy atom. The number of halogens is 1. The Bertz CT molecular complexity index is 782. The fraction of sp³-hybridized carbons (Fsp3) is 0.300. The van der Waals surface area contributed by atoms with Crippen LogP contribution in [0.25, 0.3) is 0 Å². The number of nitrogens with one attached hydrogen (secondary N) is 3. The van der Waals surface area contributed by atoms with Crippen LogP contribution < -0.4 is 16.0 Å². The quantitative estimate of drug-likeness (QED) is 0.738. The van der Waals surface area contributed by atoms with Gasteiger partial charge in [0.1, 0.15) is 0 Å². The molecule has 6 heteroatoms. The first-order chi connectivity index (χ1) is 12.5. The molecule has 1 aliphatic rings. The van der Waals surface area contributed by atoms with E-state index in [1.54, 1.807) is 31.3 Å². The Kier molecular flexibility index (Phi) is 5.47. The number of amides is 3. The van der Waals surface area contributed by atoms with E-state index in [0.717, 1.165) is 31.2 Å². The maximum Gasteiger partial charge on any atom is 0.318 e. The van der Waals surface area contributed by atoms with E-state index in [2.05, 4.69) is 16.0 Å². The van der Waals surface area contributed by atoms with Gasteiger partial charge >= 0.3 is 6.03 Å². The summed E-state index contributed by atoms with van der Waals surface area (Å²) in [6, 6.07) is 14.4. The first-order valence-corrected chi connectivity index (χ1v) is 9.08. The topological polar surface area (TPSA) is 70.2 Å². The standard InChI is InChI=1S/C20H22ClN3O2/c1-22-19(26)24-17-10-8-16(9-11-17)23-18(25)20(12-2-3-13-20)14-4-6-15(21)7-5-14/h4-11H,2-3,12-13H2,1H3,(H,23,25)(H2,22,24,26). The summed E-state index contributed by atoms with van der Waals surface area (Å²) in [7, 11) is 1.56. The maximum atomic E-state index is 13.1. The van der Waals surface area contributed by atoms with Crippen LogP contribution in [-0.4, -0.2) is 19.0 Å². The highest BCUT2D eigenvalue weighted by molar-refractivity contribution is 6.30. The molecular formula is C20H22ClN3O2. The molecule has 1 saturated carbocycles. The molecule has 0 aliphatic heterocycles. The molecule has 0 unspecified atom stereocenters. The summed E-state index contributed by atoms with van der Waals surface area (Å²) in [6.45, 7) is 0. The van der Waals surface area contributed by atoms with Crippen molar-refractivity contribution in [3.05, 3.63) is 59.1 Å². The molecule has 0 spiro atoms. The van der Waals surface area contributed by atoms with Crippen LogP contribution in [0.15, 0.2) is 48.5 Å². The smallest absolute Gasteiger partial charge is 0.318 e. The van der Waals surface area contributed by atoms with Gasteiger partial charge in [-0.2, -0.15) is 0 Å². The molecule has 0 heterocycles. The normalized spacial score (nSPS) is 15.3. The Morgan fingerprint density at radius 3 is 1.96 bits per heavy atom. The molecule has 0 saturated heterocycles. The van der Waals surface area contributed by atoms with E-state index < -0.39 is 5.41 Å². The van der Waals surface area contributed by atoms with Crippen molar-refractivity contribution in [1.29, 1.82) is 0 Å². The van der Waals surface area contributed by atoms with Crippen LogP contribution in [0.5, 0.6) is 0 Å². The van der Waals surface area contributed by atoms with Gasteiger partial charge in [-0.1, -0.05) is 36.6 Å². The third kappa shape index (κ3) is 3.83. The van der Waals surface area contributed by atoms with E-state index in [0.29, 0.717) is 16.4 Å². The van der Waals surface area contributed by atoms with Crippen molar-refractivity contribution in [2.24, 2.45) is 0 Å². The zero-order chi connectivity index (χ0) is 18.6. The van der Waals surface area contributed by atoms with Crippen molar-refractivity contribution in [2.75, 3.05) is 17.7 Å². The largest absolute Gasteiger partial charge is 0.341 e. The minimum atomic E-state index is -0.510. The molecule has 5 nitrogen and oxygen atoms in total. The van der Waals surface area contributed by atoms with E-state index in [1.165, 1.54) is 0 Å². The van der Waals surface area contributed by atoms with Crippen LogP contribution >= 0.6 is 11.6 Å². The van der Waals surface area contributed by atoms with Gasteiger partial charge in [-0.05, 0) is 54.8 Å². The van der Waals surface area contributed by atoms with Crippen molar-refractivity contribution >= 4 is 34.9 Å². The van der Waals surface area contributed by atoms with Gasteiger partial charge in [0, 0.05) is 23.4 Å². The van der Waals surface area contributed by atoms with Gasteiger partial charge in [-0.25, -0.2) is 4.79 Å². The van der Waals surface area contributed by atoms with E-state index >= 15 is 0 Å². The number of hydrogen-bond donors (Lipinski definition) is 3. The molecule has 26 heavy (non-hydrogen) atoms. The third-order valence-electron chi connectivity index (χ3n) is 4.92. The second kappa shape index (κ2) is 7.79. The van der Waals surface area contributed by atoms with Crippen LogP contribution in [0.2, 0.25) is 5.02 Å². The van der Waals surface area contributed by atoms with E-state index in [4.69, 9.17) is 11.6 Å². The van der Waals surface area contributed by atoms with Crippen molar-refractivity contribution in [3.63, 3.8) is 0 Å². The summed E-state index contributed by atoms with van der Waals surface area (Å²) in [5.41, 5.74) is 1.87. The van der Waals surface area contributed by atoms with Crippen molar-refractivity contribution in [1.82, 2.24) is 5.32 Å². The lowest BCUT2D eigenvalue weighted by Crippen LogP contribution is -2.37. The molecule has 2 aromatic rings. The summed E-state index contributed by atoms with van der Waals surface area (Å²) < 4.78 is 0. The molecule has 2 aromatic carbocycles. The number of carbonyl (C=O) groups is 2. The molecule has 3 rings (SSSR count). The van der Waals surface area contributed by atoms with E-state index in [-0.39, 0.29) is 11.9 Å². The van der Waals surface area contributed by atoms with Crippen LogP contribution in [0, 0.1) is 0 Å². The molecule has 3 amide bonds. The van der Waals surface area contributed by atoms with Gasteiger partial charge < -0.3 is 16.0 Å². The summed E-state index contributed by atoms with van der Waals surface area (Å²) in [4.78, 5) is 24.4. The predicted octanol–water partition coefficient (Wildman–Crippen LogP) is 4.54. The van der Waals surface area contributed by atoms with Gasteiger partial charge in [-0.3, -0.25) is 4.79 Å². The summed E-state index contributed by atoms with van der Waals surface area (Å²) in [6.07, 6.45) is 3.73. The van der Waals surface area contributed by atoms with E-state index in [1.807, 2.05) is 24.3 Å². The molecule has 3 N–H and O–H groups in total. The molecule has 136 valence electrons. The highest BCUT2D eigenvalue weighted by atomic mass is 35.5. The number of rotatable bonds is 4. The van der Waals surface area contributed by atoms with Crippen LogP contribution in [0.3, 0.4) is 0 Å². The molecule has 1 fully saturated rings. The van der Waals surface area contributed by atoms with Crippen LogP contribution in [0.1, 0.15) is 31.2 Å². The van der Waals surface area contributed by atoms with Gasteiger partial charge in [0.15, 0.2) is 0 Å². The average molecular weight is 372 g/mol. The highest BCUT2D eigenvalue weighted by Gasteiger charge is 2.42. The fourth-order valence-electron chi connectivity index (χ4n) is 3.48. The first kappa shape index (κ1) is 18.3. The predicted molar refractivity (Wildman–Crippen MR) is 105 cm³/mol. The average Bonchev–Trinajstić information content (AvgIpc) is 3.15. The lowest BCUT2D eigenvalue weighted by atomic mass is 9.78. The van der Waals surface area contributed by atoms with Crippen LogP contribution in [0.4, 0.5) is 16.2 Å². The minimum Gasteiger partial charge on any atom is -0.341 e. The zero-order valence-electron chi connectivity index (χ0n) is 14.6. The van der Waals surface area contributed by atoms with Gasteiger partial charge in [0.25, 0.3) is 0 Å². The number of hydrogen-bond acceptors (Lipinski definition) is 2. The zero-order valence-corrected chi connectivity index (χ0v) is 15.4. The third-order valence-corrected chi connectivity index (χ3v) is 5.17. The number of anilines is 2. The van der Waals surface area contributed by atoms with E-state index in [9.17, 15) is 9.59 Å². The first-order valence-electron chi connectivity index (χ1n) is 8.70. The Labute approximate surface area is 158 Å². The molecule has 0 aromatic heterocycles. The molecule has 0 atom stereocenters. The van der Waals surface area contributed by atoms with Crippen molar-refractivity contribution in [3.8, 4) is 0 Å². The van der Waals surface area contributed by atoms with Gasteiger partial charge in [-0.15, -0.1) is 0 Å². The lowest BCUT2D eigenvalue weighted by Gasteiger charge is -2.28. The summed E-state index contributed by atoms with van der Waals surface area (Å²) >= 11 is 6.00. The minimum absolute atomic E-state index is 0.00401. The Morgan fingerprint density at radius 1 is 0.885 bits per heavy atom. The second-order valence-electron chi connectivity index (χ2n) is 6.53. The fourth-order valence-corrected chi connectivity index (χ4v) is 3.60. The Hall–Kier alpha value is -2.53. The SMILES string of the molecule is CNC(=O)Nc1ccc(NC(=O)C2(c3ccc(Cl)cc3)CCCC2)cc1. The molecule has 0 bridgehead atoms. The maximum absolute atomic E-state index is 13.1. The lowest BCUT2D eigenvalue weighted by molar-refractivity contribution is -0.121. The molecule has 0 radical (unpaired) electrons. The molecular weight excluding hydrogens is 350 g/mol. The van der Waals surface area contributed by atoms with Crippen molar-refractivity contribution < 1.29 is 9.59 Å².